The van der Waals surface area contributed by atoms with Crippen LogP contribution in [-0.4, -0.2) is 19.3 Å². The quantitative estimate of drug-likeness (QED) is 0.814. The van der Waals surface area contributed by atoms with Crippen LogP contribution in [0.1, 0.15) is 0 Å². The number of ether oxygens (including phenoxy) is 1. The van der Waals surface area contributed by atoms with Gasteiger partial charge in [0.15, 0.2) is 0 Å². The minimum absolute atomic E-state index is 0.502. The first-order valence-corrected chi connectivity index (χ1v) is 5.62. The number of rotatable bonds is 2. The lowest BCUT2D eigenvalue weighted by Gasteiger charge is -2.28. The largest absolute Gasteiger partial charge is 0.377 e. The molecule has 1 fully saturated rings. The minimum Gasteiger partial charge on any atom is -0.377 e. The third kappa shape index (κ3) is 1.29. The van der Waals surface area contributed by atoms with Gasteiger partial charge in [-0.05, 0) is 22.9 Å². The fourth-order valence-electron chi connectivity index (χ4n) is 1.65. The summed E-state index contributed by atoms with van der Waals surface area (Å²) in [5.74, 6) is 0. The Balaban J connectivity index is 1.97. The molecule has 0 spiro atoms. The number of thiophene rings is 1. The van der Waals surface area contributed by atoms with Gasteiger partial charge in [-0.2, -0.15) is 0 Å². The van der Waals surface area contributed by atoms with E-state index < -0.39 is 0 Å². The molecule has 0 atom stereocenters. The maximum atomic E-state index is 5.14. The highest BCUT2D eigenvalue weighted by molar-refractivity contribution is 7.17. The summed E-state index contributed by atoms with van der Waals surface area (Å²) in [7, 11) is 0. The van der Waals surface area contributed by atoms with Crippen LogP contribution in [-0.2, 0) is 4.74 Å². The summed E-state index contributed by atoms with van der Waals surface area (Å²) < 4.78 is 6.49. The van der Waals surface area contributed by atoms with Crippen LogP contribution in [0.2, 0.25) is 0 Å². The minimum atomic E-state index is 0.502. The van der Waals surface area contributed by atoms with E-state index in [2.05, 4.69) is 35.0 Å². The molecule has 1 N–H and O–H groups in total. The second kappa shape index (κ2) is 3.26. The Morgan fingerprint density at radius 1 is 1.29 bits per heavy atom. The van der Waals surface area contributed by atoms with Crippen LogP contribution in [0.25, 0.3) is 10.1 Å². The van der Waals surface area contributed by atoms with Crippen molar-refractivity contribution in [3.8, 4) is 0 Å². The average molecular weight is 205 g/mol. The fourth-order valence-corrected chi connectivity index (χ4v) is 2.52. The molecule has 2 nitrogen and oxygen atoms in total. The highest BCUT2D eigenvalue weighted by Gasteiger charge is 2.18. The Morgan fingerprint density at radius 2 is 2.21 bits per heavy atom. The normalized spacial score (nSPS) is 16.9. The maximum Gasteiger partial charge on any atom is 0.0729 e. The van der Waals surface area contributed by atoms with Crippen LogP contribution in [0.15, 0.2) is 29.6 Å². The Labute approximate surface area is 86.5 Å². The number of anilines is 1. The van der Waals surface area contributed by atoms with Crippen molar-refractivity contribution in [2.45, 2.75) is 6.04 Å². The molecule has 0 unspecified atom stereocenters. The van der Waals surface area contributed by atoms with Crippen molar-refractivity contribution in [3.63, 3.8) is 0 Å². The van der Waals surface area contributed by atoms with Gasteiger partial charge in [-0.3, -0.25) is 0 Å². The van der Waals surface area contributed by atoms with Crippen molar-refractivity contribution in [2.24, 2.45) is 0 Å². The van der Waals surface area contributed by atoms with Gasteiger partial charge < -0.3 is 10.1 Å². The first-order valence-electron chi connectivity index (χ1n) is 4.74. The lowest BCUT2D eigenvalue weighted by atomic mass is 10.2. The lowest BCUT2D eigenvalue weighted by Crippen LogP contribution is -2.40. The Bertz CT molecular complexity index is 447. The molecule has 14 heavy (non-hydrogen) atoms. The third-order valence-electron chi connectivity index (χ3n) is 2.48. The fraction of sp³-hybridized carbons (Fsp3) is 0.273. The van der Waals surface area contributed by atoms with Gasteiger partial charge in [-0.15, -0.1) is 11.3 Å². The number of fused-ring (bicyclic) bond motifs is 1. The summed E-state index contributed by atoms with van der Waals surface area (Å²) in [5.41, 5.74) is 1.24. The van der Waals surface area contributed by atoms with Gasteiger partial charge in [0, 0.05) is 0 Å². The summed E-state index contributed by atoms with van der Waals surface area (Å²) in [6, 6.07) is 9.04. The highest BCUT2D eigenvalue weighted by Crippen LogP contribution is 2.29. The van der Waals surface area contributed by atoms with Gasteiger partial charge in [-0.1, -0.05) is 12.1 Å². The van der Waals surface area contributed by atoms with Crippen LogP contribution in [0, 0.1) is 0 Å². The number of nitrogens with one attached hydrogen (secondary N) is 1. The van der Waals surface area contributed by atoms with E-state index in [1.54, 1.807) is 11.3 Å². The van der Waals surface area contributed by atoms with Crippen LogP contribution >= 0.6 is 11.3 Å². The van der Waals surface area contributed by atoms with Crippen molar-refractivity contribution in [1.82, 2.24) is 0 Å². The number of hydrogen-bond donors (Lipinski definition) is 1. The maximum absolute atomic E-state index is 5.14. The number of benzene rings is 1. The van der Waals surface area contributed by atoms with E-state index in [1.165, 1.54) is 15.8 Å². The number of hydrogen-bond acceptors (Lipinski definition) is 3. The molecule has 3 rings (SSSR count). The molecule has 3 heteroatoms. The molecule has 0 saturated carbocycles. The van der Waals surface area contributed by atoms with Crippen LogP contribution in [0.4, 0.5) is 5.69 Å². The van der Waals surface area contributed by atoms with E-state index in [1.807, 2.05) is 0 Å². The predicted molar refractivity (Wildman–Crippen MR) is 60.1 cm³/mol. The summed E-state index contributed by atoms with van der Waals surface area (Å²) in [4.78, 5) is 0. The SMILES string of the molecule is c1cc(NC2COC2)c2sccc2c1. The molecular formula is C11H11NOS. The van der Waals surface area contributed by atoms with Crippen LogP contribution < -0.4 is 5.32 Å². The molecule has 0 bridgehead atoms. The van der Waals surface area contributed by atoms with E-state index in [9.17, 15) is 0 Å². The van der Waals surface area contributed by atoms with E-state index in [0.29, 0.717) is 6.04 Å². The van der Waals surface area contributed by atoms with E-state index in [0.717, 1.165) is 13.2 Å². The standard InChI is InChI=1S/C11H11NOS/c1-2-8-4-5-14-11(8)10(3-1)12-9-6-13-7-9/h1-5,9,12H,6-7H2. The molecule has 0 radical (unpaired) electrons. The van der Waals surface area contributed by atoms with Crippen molar-refractivity contribution in [1.29, 1.82) is 0 Å². The molecule has 1 saturated heterocycles. The third-order valence-corrected chi connectivity index (χ3v) is 3.44. The van der Waals surface area contributed by atoms with E-state index >= 15 is 0 Å². The second-order valence-corrected chi connectivity index (χ2v) is 4.44. The van der Waals surface area contributed by atoms with Crippen LogP contribution in [0.3, 0.4) is 0 Å². The molecule has 0 aliphatic carbocycles. The Morgan fingerprint density at radius 3 is 3.00 bits per heavy atom. The zero-order valence-corrected chi connectivity index (χ0v) is 8.51. The van der Waals surface area contributed by atoms with Gasteiger partial charge in [0.25, 0.3) is 0 Å². The zero-order valence-electron chi connectivity index (χ0n) is 7.69. The summed E-state index contributed by atoms with van der Waals surface area (Å²) in [5, 5.41) is 6.94. The van der Waals surface area contributed by atoms with Crippen molar-refractivity contribution in [3.05, 3.63) is 29.6 Å². The second-order valence-electron chi connectivity index (χ2n) is 3.52. The highest BCUT2D eigenvalue weighted by atomic mass is 32.1. The zero-order chi connectivity index (χ0) is 9.38. The molecule has 2 aromatic rings. The van der Waals surface area contributed by atoms with Crippen molar-refractivity contribution in [2.75, 3.05) is 18.5 Å². The smallest absolute Gasteiger partial charge is 0.0729 e. The van der Waals surface area contributed by atoms with Crippen molar-refractivity contribution >= 4 is 27.1 Å². The molecule has 1 aromatic heterocycles. The molecule has 0 amide bonds. The van der Waals surface area contributed by atoms with Crippen molar-refractivity contribution < 1.29 is 4.74 Å². The van der Waals surface area contributed by atoms with E-state index in [-0.39, 0.29) is 0 Å². The lowest BCUT2D eigenvalue weighted by molar-refractivity contribution is 0.0211. The molecule has 2 heterocycles. The molecular weight excluding hydrogens is 194 g/mol. The molecule has 1 aliphatic rings. The summed E-state index contributed by atoms with van der Waals surface area (Å²) >= 11 is 1.79. The Kier molecular flexibility index (Phi) is 1.92. The van der Waals surface area contributed by atoms with Gasteiger partial charge in [-0.25, -0.2) is 0 Å². The summed E-state index contributed by atoms with van der Waals surface area (Å²) in [6.45, 7) is 1.67. The predicted octanol–water partition coefficient (Wildman–Crippen LogP) is 2.71. The molecule has 72 valence electrons. The first kappa shape index (κ1) is 8.26. The molecule has 1 aliphatic heterocycles. The van der Waals surface area contributed by atoms with Gasteiger partial charge in [0.05, 0.1) is 29.6 Å². The van der Waals surface area contributed by atoms with Gasteiger partial charge in [0.1, 0.15) is 0 Å². The topological polar surface area (TPSA) is 21.3 Å². The first-order chi connectivity index (χ1) is 6.93. The summed E-state index contributed by atoms with van der Waals surface area (Å²) in [6.07, 6.45) is 0. The van der Waals surface area contributed by atoms with Crippen LogP contribution in [0.5, 0.6) is 0 Å². The average Bonchev–Trinajstić information content (AvgIpc) is 2.59. The van der Waals surface area contributed by atoms with Gasteiger partial charge in [0.2, 0.25) is 0 Å². The van der Waals surface area contributed by atoms with Gasteiger partial charge >= 0.3 is 0 Å². The molecule has 1 aromatic carbocycles. The monoisotopic (exact) mass is 205 g/mol. The Hall–Kier alpha value is -1.06. The van der Waals surface area contributed by atoms with E-state index in [4.69, 9.17) is 4.74 Å².